The van der Waals surface area contributed by atoms with Gasteiger partial charge in [-0.3, -0.25) is 9.59 Å². The molecule has 16 nitrogen and oxygen atoms in total. The van der Waals surface area contributed by atoms with Crippen LogP contribution in [0.15, 0.2) is 0 Å². The quantitative estimate of drug-likeness (QED) is 0.102. The van der Waals surface area contributed by atoms with Crippen molar-refractivity contribution in [3.05, 3.63) is 0 Å². The second-order valence-corrected chi connectivity index (χ2v) is 15.7. The molecule has 1 amide bonds. The van der Waals surface area contributed by atoms with Crippen LogP contribution in [0.3, 0.4) is 0 Å². The summed E-state index contributed by atoms with van der Waals surface area (Å²) in [5.74, 6) is -7.27. The average Bonchev–Trinajstić information content (AvgIpc) is 3.00. The van der Waals surface area contributed by atoms with Gasteiger partial charge in [0.1, 0.15) is 40.0 Å². The molecule has 5 aliphatic heterocycles. The van der Waals surface area contributed by atoms with Crippen LogP contribution in [0.2, 0.25) is 0 Å². The van der Waals surface area contributed by atoms with Crippen LogP contribution in [-0.2, 0) is 38.1 Å². The largest absolute Gasteiger partial charge is 0.544 e. The van der Waals surface area contributed by atoms with Gasteiger partial charge in [0.15, 0.2) is 5.79 Å². The van der Waals surface area contributed by atoms with Crippen molar-refractivity contribution in [1.29, 1.82) is 0 Å². The Kier molecular flexibility index (Phi) is 10.7. The number of unbranched alkanes of at least 4 members (excludes halogenated alkanes) is 1. The van der Waals surface area contributed by atoms with E-state index in [2.05, 4.69) is 11.1 Å². The van der Waals surface area contributed by atoms with Crippen molar-refractivity contribution in [2.45, 2.75) is 140 Å². The third kappa shape index (κ3) is 4.96. The first-order valence-electron chi connectivity index (χ1n) is 16.7. The van der Waals surface area contributed by atoms with E-state index in [0.29, 0.717) is 6.42 Å². The van der Waals surface area contributed by atoms with E-state index in [-0.39, 0.29) is 25.0 Å². The third-order valence-electron chi connectivity index (χ3n) is 13.6. The lowest BCUT2D eigenvalue weighted by Crippen LogP contribution is -2.97. The first-order valence-corrected chi connectivity index (χ1v) is 16.7. The zero-order valence-corrected chi connectivity index (χ0v) is 30.9. The smallest absolute Gasteiger partial charge is 0.320 e. The number of carbonyl (C=O) groups excluding carboxylic acids is 2. The third-order valence-corrected chi connectivity index (χ3v) is 13.6. The Morgan fingerprint density at radius 1 is 0.980 bits per heavy atom. The number of carbonyl (C=O) groups is 3. The molecule has 6 aliphatic rings. The number of nitrogens with two attached hydrogens (primary N) is 1. The fourth-order valence-electron chi connectivity index (χ4n) is 9.20. The zero-order chi connectivity index (χ0) is 38.1. The molecular weight excluding hydrogens is 646 g/mol. The molecule has 5 heterocycles. The minimum Gasteiger partial charge on any atom is -0.544 e. The van der Waals surface area contributed by atoms with Crippen molar-refractivity contribution in [1.82, 2.24) is 5.32 Å². The van der Waals surface area contributed by atoms with E-state index < -0.39 is 80.5 Å². The van der Waals surface area contributed by atoms with Gasteiger partial charge >= 0.3 is 5.97 Å². The molecule has 6 rings (SSSR count). The highest BCUT2D eigenvalue weighted by atomic mass is 16.8. The van der Waals surface area contributed by atoms with Crippen molar-refractivity contribution >= 4 is 17.8 Å². The van der Waals surface area contributed by atoms with Gasteiger partial charge in [-0.15, -0.1) is 0 Å². The molecule has 12 unspecified atom stereocenters. The summed E-state index contributed by atoms with van der Waals surface area (Å²) in [5, 5.41) is 57.3. The maximum atomic E-state index is 12.4. The van der Waals surface area contributed by atoms with Crippen molar-refractivity contribution in [3.8, 4) is 0 Å². The van der Waals surface area contributed by atoms with Crippen molar-refractivity contribution in [2.24, 2.45) is 22.5 Å². The predicted molar refractivity (Wildman–Crippen MR) is 170 cm³/mol. The number of ether oxygens (including phenoxy) is 5. The molecule has 0 aromatic heterocycles. The number of hydrogen-bond donors (Lipinski definition) is 7. The summed E-state index contributed by atoms with van der Waals surface area (Å²) < 4.78 is 29.7. The topological polar surface area (TPSA) is 267 Å². The van der Waals surface area contributed by atoms with E-state index in [1.807, 2.05) is 13.8 Å². The van der Waals surface area contributed by atoms with E-state index in [9.17, 15) is 34.8 Å². The van der Waals surface area contributed by atoms with Crippen molar-refractivity contribution < 1.29 is 69.3 Å². The highest BCUT2D eigenvalue weighted by Gasteiger charge is 2.89. The standard InChI is InChI=1S/C27H45NO11.C6H14N2O2/c1-15-20(5)21(6,28-16(2)30)19(4,37-26(15,12-29)22(20,7)33)14-36-13-18(3)24(9)23(8,34)25(10,35-11)39-27(18,38-24)17(31)32;7-4-2-1-3-5(8)6(9)10/h15,29,33-34H,12-14H2,1-11H3,(H,28,30)(H,31,32);5H,1-4,7-8H2,(H,9,10). The van der Waals surface area contributed by atoms with Gasteiger partial charge < -0.3 is 70.8 Å². The number of aliphatic hydroxyl groups excluding tert-OH is 1. The van der Waals surface area contributed by atoms with Gasteiger partial charge in [0.05, 0.1) is 37.3 Å². The summed E-state index contributed by atoms with van der Waals surface area (Å²) in [4.78, 5) is 35.0. The minimum atomic E-state index is -2.29. The normalized spacial score (nSPS) is 48.6. The van der Waals surface area contributed by atoms with E-state index in [4.69, 9.17) is 34.5 Å². The van der Waals surface area contributed by atoms with Crippen LogP contribution in [0, 0.1) is 16.7 Å². The van der Waals surface area contributed by atoms with Crippen LogP contribution in [0.5, 0.6) is 0 Å². The maximum absolute atomic E-state index is 12.4. The number of aliphatic carboxylic acids is 2. The second kappa shape index (κ2) is 12.6. The molecule has 12 atom stereocenters. The molecule has 16 heteroatoms. The van der Waals surface area contributed by atoms with Gasteiger partial charge in [0.25, 0.3) is 0 Å². The van der Waals surface area contributed by atoms with Gasteiger partial charge in [-0.25, -0.2) is 0 Å². The fraction of sp³-hybridized carbons (Fsp3) is 0.909. The first kappa shape index (κ1) is 41.4. The van der Waals surface area contributed by atoms with Crippen LogP contribution < -0.4 is 21.9 Å². The number of aliphatic hydroxyl groups is 3. The van der Waals surface area contributed by atoms with Gasteiger partial charge in [-0.1, -0.05) is 13.8 Å². The molecule has 0 spiro atoms. The van der Waals surface area contributed by atoms with E-state index in [1.165, 1.54) is 27.9 Å². The van der Waals surface area contributed by atoms with Crippen LogP contribution >= 0.6 is 0 Å². The van der Waals surface area contributed by atoms with Crippen LogP contribution in [0.25, 0.3) is 0 Å². The Morgan fingerprint density at radius 3 is 1.98 bits per heavy atom. The monoisotopic (exact) mass is 705 g/mol. The summed E-state index contributed by atoms with van der Waals surface area (Å²) >= 11 is 0. The number of hydrogen-bond acceptors (Lipinski definition) is 13. The highest BCUT2D eigenvalue weighted by Crippen LogP contribution is 2.74. The lowest BCUT2D eigenvalue weighted by Gasteiger charge is -2.82. The SMILES string of the molecule is COC1(C)OC2(C(=O)[O-])OC(C)(C1(C)O)C2(C)COCC1(C)OC2(CO)C(C)C(C)(C2(C)O)C1(C)NC(C)=O.NC(CCCC[NH3+])C(=O)O. The Morgan fingerprint density at radius 2 is 1.55 bits per heavy atom. The Balaban J connectivity index is 0.000000565. The zero-order valence-electron chi connectivity index (χ0n) is 30.9. The summed E-state index contributed by atoms with van der Waals surface area (Å²) in [6, 6.07) is -0.688. The molecular formula is C33H59N3O13. The van der Waals surface area contributed by atoms with Gasteiger partial charge in [0, 0.05) is 25.4 Å². The van der Waals surface area contributed by atoms with Crippen LogP contribution in [-0.4, -0.2) is 123 Å². The Hall–Kier alpha value is -1.99. The first-order chi connectivity index (χ1) is 22.1. The molecule has 4 bridgehead atoms. The summed E-state index contributed by atoms with van der Waals surface area (Å²) in [6.45, 7) is 16.1. The molecule has 49 heavy (non-hydrogen) atoms. The number of quaternary nitrogens is 1. The van der Waals surface area contributed by atoms with Gasteiger partial charge in [-0.05, 0) is 67.7 Å². The number of fused-ring (bicyclic) bond motifs is 4. The molecule has 10 N–H and O–H groups in total. The lowest BCUT2D eigenvalue weighted by atomic mass is 9.33. The second-order valence-electron chi connectivity index (χ2n) is 15.7. The van der Waals surface area contributed by atoms with Crippen LogP contribution in [0.4, 0.5) is 0 Å². The molecule has 5 saturated heterocycles. The van der Waals surface area contributed by atoms with Crippen molar-refractivity contribution in [3.63, 3.8) is 0 Å². The molecule has 284 valence electrons. The molecule has 0 aromatic carbocycles. The van der Waals surface area contributed by atoms with Crippen molar-refractivity contribution in [2.75, 3.05) is 33.5 Å². The minimum absolute atomic E-state index is 0.178. The molecule has 0 aromatic rings. The summed E-state index contributed by atoms with van der Waals surface area (Å²) in [7, 11) is 1.29. The Labute approximate surface area is 288 Å². The fourth-order valence-corrected chi connectivity index (χ4v) is 9.20. The molecule has 0 radical (unpaired) electrons. The number of rotatable bonds is 13. The highest BCUT2D eigenvalue weighted by molar-refractivity contribution is 5.78. The molecule has 1 aliphatic carbocycles. The van der Waals surface area contributed by atoms with E-state index in [1.54, 1.807) is 34.6 Å². The van der Waals surface area contributed by atoms with E-state index >= 15 is 0 Å². The average molecular weight is 706 g/mol. The number of methoxy groups -OCH3 is 1. The number of amides is 1. The predicted octanol–water partition coefficient (Wildman–Crippen LogP) is -1.98. The van der Waals surface area contributed by atoms with E-state index in [0.717, 1.165) is 19.4 Å². The number of nitrogens with one attached hydrogen (secondary N) is 1. The number of carboxylic acids is 2. The summed E-state index contributed by atoms with van der Waals surface area (Å²) in [6.07, 6.45) is 2.38. The number of carboxylic acid groups (broad SMARTS) is 2. The van der Waals surface area contributed by atoms with Gasteiger partial charge in [-0.2, -0.15) is 0 Å². The maximum Gasteiger partial charge on any atom is 0.320 e. The summed E-state index contributed by atoms with van der Waals surface area (Å²) in [5.41, 5.74) is -2.16. The Bertz CT molecular complexity index is 1320. The lowest BCUT2D eigenvalue weighted by molar-refractivity contribution is -0.594. The molecule has 1 saturated carbocycles. The van der Waals surface area contributed by atoms with Crippen LogP contribution in [0.1, 0.15) is 88.5 Å². The van der Waals surface area contributed by atoms with Gasteiger partial charge in [0.2, 0.25) is 11.7 Å². The molecule has 6 fully saturated rings.